The summed E-state index contributed by atoms with van der Waals surface area (Å²) in [6.07, 6.45) is 3.52. The molecule has 214 valence electrons. The molecule has 3 aliphatic rings. The Bertz CT molecular complexity index is 2200. The summed E-state index contributed by atoms with van der Waals surface area (Å²) in [7, 11) is 0. The molecular weight excluding hydrogens is 529 g/mol. The Morgan fingerprint density at radius 3 is 2.33 bits per heavy atom. The zero-order valence-electron chi connectivity index (χ0n) is 26.1. The van der Waals surface area contributed by atoms with Gasteiger partial charge in [-0.1, -0.05) is 39.0 Å². The Hall–Kier alpha value is -4.12. The van der Waals surface area contributed by atoms with Crippen LogP contribution in [-0.4, -0.2) is 11.3 Å². The summed E-state index contributed by atoms with van der Waals surface area (Å²) in [5, 5.41) is 3.75. The Kier molecular flexibility index (Phi) is 4.77. The first-order valence-electron chi connectivity index (χ1n) is 15.7. The molecule has 0 amide bonds. The molecule has 9 rings (SSSR count). The Morgan fingerprint density at radius 2 is 1.56 bits per heavy atom. The van der Waals surface area contributed by atoms with E-state index in [1.54, 1.807) is 0 Å². The number of furan rings is 1. The van der Waals surface area contributed by atoms with E-state index in [9.17, 15) is 0 Å². The Balaban J connectivity index is 1.38. The zero-order valence-corrected chi connectivity index (χ0v) is 26.1. The highest BCUT2D eigenvalue weighted by Crippen LogP contribution is 2.44. The minimum Gasteiger partial charge on any atom is -0.466 e. The third kappa shape index (κ3) is 3.39. The van der Waals surface area contributed by atoms with E-state index in [2.05, 4.69) is 108 Å². The van der Waals surface area contributed by atoms with Gasteiger partial charge in [-0.15, -0.1) is 0 Å². The molecule has 0 saturated heterocycles. The van der Waals surface area contributed by atoms with Crippen molar-refractivity contribution in [3.8, 4) is 23.0 Å². The Morgan fingerprint density at radius 1 is 0.767 bits per heavy atom. The average molecular weight is 566 g/mol. The first-order valence-corrected chi connectivity index (χ1v) is 15.7. The second kappa shape index (κ2) is 8.08. The molecule has 6 aromatic rings. The van der Waals surface area contributed by atoms with Crippen molar-refractivity contribution in [2.24, 2.45) is 0 Å². The molecule has 4 heterocycles. The molecule has 0 radical (unpaired) electrons. The monoisotopic (exact) mass is 565 g/mol. The highest BCUT2D eigenvalue weighted by atomic mass is 16.5. The number of aromatic nitrogens is 1. The first-order chi connectivity index (χ1) is 20.5. The van der Waals surface area contributed by atoms with Gasteiger partial charge in [-0.05, 0) is 110 Å². The lowest BCUT2D eigenvalue weighted by Crippen LogP contribution is -2.57. The summed E-state index contributed by atoms with van der Waals surface area (Å²) in [5.74, 6) is 3.45. The maximum atomic E-state index is 6.79. The summed E-state index contributed by atoms with van der Waals surface area (Å²) in [6.45, 7) is 15.6. The van der Waals surface area contributed by atoms with Gasteiger partial charge in [0.05, 0.1) is 10.9 Å². The second-order valence-corrected chi connectivity index (χ2v) is 14.9. The van der Waals surface area contributed by atoms with Crippen LogP contribution in [0.4, 0.5) is 0 Å². The molecule has 2 aliphatic heterocycles. The van der Waals surface area contributed by atoms with Crippen molar-refractivity contribution in [1.82, 2.24) is 4.57 Å². The molecule has 0 fully saturated rings. The molecule has 1 aliphatic carbocycles. The molecule has 2 aromatic heterocycles. The van der Waals surface area contributed by atoms with E-state index in [4.69, 9.17) is 13.9 Å². The SMILES string of the molecule is Cc1cc2c3c(c1)Oc1c(oc4ccc(C(C)(C)C)cc14)B3c1cc3c4c5c(ccc4n(C(C)(C)C)c3cc1O2)CCC5. The van der Waals surface area contributed by atoms with Crippen LogP contribution in [0.25, 0.3) is 32.8 Å². The second-order valence-electron chi connectivity index (χ2n) is 14.9. The summed E-state index contributed by atoms with van der Waals surface area (Å²) in [5.41, 5.74) is 11.8. The van der Waals surface area contributed by atoms with Crippen LogP contribution in [0.2, 0.25) is 0 Å². The van der Waals surface area contributed by atoms with Gasteiger partial charge in [0.2, 0.25) is 0 Å². The minimum atomic E-state index is -0.113. The standard InChI is InChI=1S/C38H36BNO3/c1-20-15-31-34-32(16-20)42-35-25-17-22(37(2,3)4)12-14-29(25)43-36(35)39(34)26-18-24-28(19-30(26)41-31)40(38(5,6)7)27-13-11-21-9-8-10-23(21)33(24)27/h11-19H,8-10H2,1-7H3. The number of hydrogen-bond donors (Lipinski definition) is 0. The molecule has 0 bridgehead atoms. The van der Waals surface area contributed by atoms with Crippen molar-refractivity contribution in [1.29, 1.82) is 0 Å². The van der Waals surface area contributed by atoms with E-state index < -0.39 is 0 Å². The zero-order chi connectivity index (χ0) is 29.6. The fourth-order valence-corrected chi connectivity index (χ4v) is 7.98. The van der Waals surface area contributed by atoms with Crippen LogP contribution in [0.1, 0.15) is 70.2 Å². The van der Waals surface area contributed by atoms with Gasteiger partial charge in [0.15, 0.2) is 5.75 Å². The van der Waals surface area contributed by atoms with E-state index in [0.717, 1.165) is 69.0 Å². The van der Waals surface area contributed by atoms with E-state index in [-0.39, 0.29) is 17.7 Å². The lowest BCUT2D eigenvalue weighted by atomic mass is 9.37. The lowest BCUT2D eigenvalue weighted by Gasteiger charge is -2.31. The third-order valence-corrected chi connectivity index (χ3v) is 9.89. The number of nitrogens with zero attached hydrogens (tertiary/aromatic N) is 1. The summed E-state index contributed by atoms with van der Waals surface area (Å²) < 4.78 is 22.8. The van der Waals surface area contributed by atoms with Gasteiger partial charge in [0, 0.05) is 33.4 Å². The van der Waals surface area contributed by atoms with Crippen LogP contribution in [0, 0.1) is 6.92 Å². The maximum absolute atomic E-state index is 6.79. The largest absolute Gasteiger partial charge is 0.466 e. The fraction of sp³-hybridized carbons (Fsp3) is 0.316. The van der Waals surface area contributed by atoms with Crippen molar-refractivity contribution in [3.05, 3.63) is 76.9 Å². The van der Waals surface area contributed by atoms with Crippen LogP contribution in [0.5, 0.6) is 23.0 Å². The summed E-state index contributed by atoms with van der Waals surface area (Å²) >= 11 is 0. The van der Waals surface area contributed by atoms with Gasteiger partial charge >= 0.3 is 6.71 Å². The third-order valence-electron chi connectivity index (χ3n) is 9.89. The van der Waals surface area contributed by atoms with E-state index in [1.165, 1.54) is 44.9 Å². The molecule has 0 spiro atoms. The number of hydrogen-bond acceptors (Lipinski definition) is 3. The molecule has 0 unspecified atom stereocenters. The van der Waals surface area contributed by atoms with E-state index in [1.807, 2.05) is 0 Å². The molecule has 43 heavy (non-hydrogen) atoms. The van der Waals surface area contributed by atoms with Gasteiger partial charge < -0.3 is 18.5 Å². The molecule has 5 heteroatoms. The number of ether oxygens (including phenoxy) is 2. The average Bonchev–Trinajstić information content (AvgIpc) is 3.63. The molecule has 0 saturated carbocycles. The normalized spacial score (nSPS) is 15.4. The van der Waals surface area contributed by atoms with Crippen LogP contribution in [-0.2, 0) is 23.8 Å². The number of aryl methyl sites for hydroxylation is 3. The predicted molar refractivity (Wildman–Crippen MR) is 177 cm³/mol. The number of rotatable bonds is 0. The minimum absolute atomic E-state index is 0.0209. The summed E-state index contributed by atoms with van der Waals surface area (Å²) in [6, 6.07) is 20.2. The van der Waals surface area contributed by atoms with Gasteiger partial charge in [0.1, 0.15) is 28.5 Å². The molecule has 0 N–H and O–H groups in total. The quantitative estimate of drug-likeness (QED) is 0.174. The Labute approximate surface area is 252 Å². The van der Waals surface area contributed by atoms with Gasteiger partial charge in [-0.2, -0.15) is 0 Å². The van der Waals surface area contributed by atoms with Crippen molar-refractivity contribution in [2.75, 3.05) is 0 Å². The van der Waals surface area contributed by atoms with Gasteiger partial charge in [-0.3, -0.25) is 0 Å². The highest BCUT2D eigenvalue weighted by Gasteiger charge is 2.45. The predicted octanol–water partition coefficient (Wildman–Crippen LogP) is 8.12. The summed E-state index contributed by atoms with van der Waals surface area (Å²) in [4.78, 5) is 0. The number of fused-ring (bicyclic) bond motifs is 11. The fourth-order valence-electron chi connectivity index (χ4n) is 7.98. The van der Waals surface area contributed by atoms with E-state index in [0.29, 0.717) is 0 Å². The molecule has 0 atom stereocenters. The maximum Gasteiger partial charge on any atom is 0.305 e. The number of benzene rings is 4. The highest BCUT2D eigenvalue weighted by molar-refractivity contribution is 6.97. The van der Waals surface area contributed by atoms with Gasteiger partial charge in [-0.25, -0.2) is 0 Å². The van der Waals surface area contributed by atoms with Crippen molar-refractivity contribution < 1.29 is 13.9 Å². The van der Waals surface area contributed by atoms with Crippen LogP contribution >= 0.6 is 0 Å². The smallest absolute Gasteiger partial charge is 0.305 e. The molecule has 4 nitrogen and oxygen atoms in total. The van der Waals surface area contributed by atoms with Crippen LogP contribution < -0.4 is 26.1 Å². The van der Waals surface area contributed by atoms with Gasteiger partial charge in [0.25, 0.3) is 0 Å². The molecular formula is C38H36BNO3. The van der Waals surface area contributed by atoms with E-state index >= 15 is 0 Å². The lowest BCUT2D eigenvalue weighted by molar-refractivity contribution is 0.422. The molecule has 4 aromatic carbocycles. The first kappa shape index (κ1) is 25.4. The van der Waals surface area contributed by atoms with Crippen molar-refractivity contribution in [3.63, 3.8) is 0 Å². The van der Waals surface area contributed by atoms with Crippen LogP contribution in [0.15, 0.2) is 59.0 Å². The van der Waals surface area contributed by atoms with Crippen LogP contribution in [0.3, 0.4) is 0 Å². The topological polar surface area (TPSA) is 36.5 Å². The van der Waals surface area contributed by atoms with Crippen molar-refractivity contribution in [2.45, 2.75) is 78.7 Å². The van der Waals surface area contributed by atoms with Crippen molar-refractivity contribution >= 4 is 56.1 Å².